The van der Waals surface area contributed by atoms with Gasteiger partial charge in [-0.1, -0.05) is 17.3 Å². The number of alkyl halides is 1. The van der Waals surface area contributed by atoms with Gasteiger partial charge in [0.2, 0.25) is 0 Å². The largest absolute Gasteiger partial charge is 0.443 e. The highest BCUT2D eigenvalue weighted by molar-refractivity contribution is 5.87. The van der Waals surface area contributed by atoms with E-state index in [1.54, 1.807) is 24.9 Å². The van der Waals surface area contributed by atoms with Crippen LogP contribution in [0.5, 0.6) is 5.75 Å². The van der Waals surface area contributed by atoms with Gasteiger partial charge in [0.05, 0.1) is 13.8 Å². The van der Waals surface area contributed by atoms with Crippen molar-refractivity contribution in [1.82, 2.24) is 15.1 Å². The summed E-state index contributed by atoms with van der Waals surface area (Å²) in [6.45, 7) is 16.8. The Hall–Kier alpha value is -4.00. The Morgan fingerprint density at radius 2 is 1.66 bits per heavy atom. The van der Waals surface area contributed by atoms with Crippen molar-refractivity contribution in [3.63, 3.8) is 0 Å². The number of hydrogen-bond acceptors (Lipinski definition) is 7. The topological polar surface area (TPSA) is 94.9 Å². The average Bonchev–Trinajstić information content (AvgIpc) is 3.53. The van der Waals surface area contributed by atoms with Crippen LogP contribution in [0.15, 0.2) is 47.1 Å². The third-order valence-corrected chi connectivity index (χ3v) is 9.33. The minimum atomic E-state index is -1.43. The zero-order chi connectivity index (χ0) is 31.4. The van der Waals surface area contributed by atoms with Crippen molar-refractivity contribution in [2.75, 3.05) is 11.4 Å². The molecule has 232 valence electrons. The van der Waals surface area contributed by atoms with Gasteiger partial charge in [0, 0.05) is 18.2 Å². The van der Waals surface area contributed by atoms with Gasteiger partial charge in [-0.3, -0.25) is 9.74 Å². The normalized spacial score (nSPS) is 23.9. The van der Waals surface area contributed by atoms with Gasteiger partial charge < -0.3 is 14.0 Å². The first kappa shape index (κ1) is 30.0. The minimum absolute atomic E-state index is 0.102. The molecule has 4 aliphatic carbocycles. The zero-order valence-electron chi connectivity index (χ0n) is 26.2. The summed E-state index contributed by atoms with van der Waals surface area (Å²) < 4.78 is 31.6. The molecule has 4 fully saturated rings. The van der Waals surface area contributed by atoms with E-state index in [2.05, 4.69) is 20.0 Å². The zero-order valence-corrected chi connectivity index (χ0v) is 26.2. The van der Waals surface area contributed by atoms with Crippen LogP contribution < -0.4 is 9.64 Å². The summed E-state index contributed by atoms with van der Waals surface area (Å²) >= 11 is 0. The third-order valence-electron chi connectivity index (χ3n) is 9.33. The maximum absolute atomic E-state index is 14.6. The quantitative estimate of drug-likeness (QED) is 0.240. The lowest BCUT2D eigenvalue weighted by molar-refractivity contribution is 0.0304. The van der Waals surface area contributed by atoms with Crippen LogP contribution in [0.25, 0.3) is 16.0 Å². The average molecular weight is 602 g/mol. The van der Waals surface area contributed by atoms with Crippen molar-refractivity contribution in [2.45, 2.75) is 108 Å². The third kappa shape index (κ3) is 6.01. The monoisotopic (exact) mass is 601 g/mol. The molecule has 1 aromatic carbocycles. The van der Waals surface area contributed by atoms with E-state index in [0.29, 0.717) is 36.8 Å². The Morgan fingerprint density at radius 3 is 2.25 bits per heavy atom. The molecule has 2 aromatic heterocycles. The Kier molecular flexibility index (Phi) is 7.22. The van der Waals surface area contributed by atoms with Crippen LogP contribution in [0.1, 0.15) is 97.7 Å². The van der Waals surface area contributed by atoms with Gasteiger partial charge in [0.25, 0.3) is 5.89 Å². The Morgan fingerprint density at radius 1 is 1.00 bits per heavy atom. The fraction of sp³-hybridized carbons (Fsp3) is 0.559. The number of rotatable bonds is 8. The number of nitrogens with zero attached hydrogens (tertiary/aromatic N) is 5. The number of fused-ring (bicyclic) bond motifs is 3. The van der Waals surface area contributed by atoms with Crippen LogP contribution in [0.4, 0.5) is 15.0 Å². The number of anilines is 1. The van der Waals surface area contributed by atoms with Crippen molar-refractivity contribution in [3.8, 4) is 16.9 Å². The van der Waals surface area contributed by atoms with Gasteiger partial charge >= 0.3 is 11.8 Å². The van der Waals surface area contributed by atoms with Crippen LogP contribution in [0.2, 0.25) is 0 Å². The fourth-order valence-electron chi connectivity index (χ4n) is 6.44. The van der Waals surface area contributed by atoms with E-state index in [1.807, 2.05) is 57.2 Å². The van der Waals surface area contributed by atoms with Crippen molar-refractivity contribution >= 4 is 11.9 Å². The SMILES string of the molecule is [C-]#[N+]C(C)(C)Oc1ccc(-c2ccnc(N(CC34CCC(c5noc(C6(F)CC6)n5)(CC3)CC4)C(=O)OC(C)(C)C)c2)cc1. The fourth-order valence-corrected chi connectivity index (χ4v) is 6.44. The van der Waals surface area contributed by atoms with Gasteiger partial charge in [-0.25, -0.2) is 20.7 Å². The molecule has 0 atom stereocenters. The van der Waals surface area contributed by atoms with Crippen LogP contribution in [0.3, 0.4) is 0 Å². The molecule has 3 aromatic rings. The van der Waals surface area contributed by atoms with E-state index >= 15 is 0 Å². The Labute approximate surface area is 258 Å². The molecular weight excluding hydrogens is 561 g/mol. The predicted octanol–water partition coefficient (Wildman–Crippen LogP) is 8.16. The van der Waals surface area contributed by atoms with Crippen LogP contribution in [-0.4, -0.2) is 39.1 Å². The maximum Gasteiger partial charge on any atom is 0.416 e. The summed E-state index contributed by atoms with van der Waals surface area (Å²) in [7, 11) is 0. The highest BCUT2D eigenvalue weighted by atomic mass is 19.1. The molecular formula is C34H40FN5O4. The van der Waals surface area contributed by atoms with Gasteiger partial charge in [-0.15, -0.1) is 0 Å². The molecule has 0 unspecified atom stereocenters. The number of aromatic nitrogens is 3. The minimum Gasteiger partial charge on any atom is -0.443 e. The Bertz CT molecular complexity index is 1560. The molecule has 0 N–H and O–H groups in total. The second kappa shape index (κ2) is 10.6. The second-order valence-corrected chi connectivity index (χ2v) is 14.3. The highest BCUT2D eigenvalue weighted by Crippen LogP contribution is 2.58. The number of amides is 1. The molecule has 7 rings (SSSR count). The van der Waals surface area contributed by atoms with Crippen LogP contribution in [0, 0.1) is 12.0 Å². The number of hydrogen-bond donors (Lipinski definition) is 0. The van der Waals surface area contributed by atoms with E-state index in [1.165, 1.54) is 0 Å². The molecule has 0 radical (unpaired) electrons. The van der Waals surface area contributed by atoms with Gasteiger partial charge in [-0.2, -0.15) is 4.98 Å². The van der Waals surface area contributed by atoms with Crippen molar-refractivity contribution < 1.29 is 23.2 Å². The number of carbonyl (C=O) groups excluding carboxylic acids is 1. The van der Waals surface area contributed by atoms with Gasteiger partial charge in [0.1, 0.15) is 17.2 Å². The molecule has 2 heterocycles. The number of ether oxygens (including phenoxy) is 2. The molecule has 9 nitrogen and oxygen atoms in total. The second-order valence-electron chi connectivity index (χ2n) is 14.3. The molecule has 10 heteroatoms. The first-order valence-electron chi connectivity index (χ1n) is 15.4. The number of benzene rings is 1. The predicted molar refractivity (Wildman–Crippen MR) is 163 cm³/mol. The first-order valence-corrected chi connectivity index (χ1v) is 15.4. The summed E-state index contributed by atoms with van der Waals surface area (Å²) in [5.74, 6) is 1.90. The summed E-state index contributed by atoms with van der Waals surface area (Å²) in [5.41, 5.74) is -1.52. The van der Waals surface area contributed by atoms with Crippen molar-refractivity contribution in [3.05, 3.63) is 65.7 Å². The van der Waals surface area contributed by atoms with Crippen LogP contribution in [-0.2, 0) is 15.8 Å². The first-order chi connectivity index (χ1) is 20.7. The lowest BCUT2D eigenvalue weighted by atomic mass is 9.53. The Balaban J connectivity index is 1.22. The molecule has 4 aliphatic rings. The molecule has 4 saturated carbocycles. The summed E-state index contributed by atoms with van der Waals surface area (Å²) in [6.07, 6.45) is 7.42. The maximum atomic E-state index is 14.6. The number of halogens is 1. The lowest BCUT2D eigenvalue weighted by Gasteiger charge is -2.53. The smallest absolute Gasteiger partial charge is 0.416 e. The molecule has 0 saturated heterocycles. The highest BCUT2D eigenvalue weighted by Gasteiger charge is 2.55. The summed E-state index contributed by atoms with van der Waals surface area (Å²) in [4.78, 5) is 28.1. The van der Waals surface area contributed by atoms with E-state index in [9.17, 15) is 9.18 Å². The molecule has 44 heavy (non-hydrogen) atoms. The van der Waals surface area contributed by atoms with E-state index in [0.717, 1.165) is 49.7 Å². The van der Waals surface area contributed by atoms with E-state index in [-0.39, 0.29) is 16.7 Å². The molecule has 2 bridgehead atoms. The van der Waals surface area contributed by atoms with Crippen LogP contribution >= 0.6 is 0 Å². The summed E-state index contributed by atoms with van der Waals surface area (Å²) in [5, 5.41) is 4.24. The molecule has 1 amide bonds. The lowest BCUT2D eigenvalue weighted by Crippen LogP contribution is -2.51. The van der Waals surface area contributed by atoms with Crippen molar-refractivity contribution in [1.29, 1.82) is 0 Å². The number of carbonyl (C=O) groups is 1. The molecule has 0 spiro atoms. The van der Waals surface area contributed by atoms with Gasteiger partial charge in [-0.05, 0) is 113 Å². The standard InChI is InChI=1S/C34H40FN5O4/c1-30(2,3)43-29(41)40(26-21-24(11-20-37-26)23-7-9-25(10-8-23)42-31(4,5)36-6)22-32-12-15-33(16-13-32,17-14-32)27-38-28(44-39-27)34(35)18-19-34/h7-11,20-21H,12-19,22H2,1-5H3. The molecule has 0 aliphatic heterocycles. The summed E-state index contributed by atoms with van der Waals surface area (Å²) in [6, 6.07) is 11.4. The van der Waals surface area contributed by atoms with Gasteiger partial charge in [0.15, 0.2) is 11.5 Å². The van der Waals surface area contributed by atoms with E-state index < -0.39 is 23.1 Å². The number of pyridine rings is 1. The van der Waals surface area contributed by atoms with E-state index in [4.69, 9.17) is 20.6 Å². The van der Waals surface area contributed by atoms with Crippen molar-refractivity contribution in [2.24, 2.45) is 5.41 Å².